The van der Waals surface area contributed by atoms with E-state index in [0.717, 1.165) is 16.9 Å². The summed E-state index contributed by atoms with van der Waals surface area (Å²) < 4.78 is 5.12. The fourth-order valence-corrected chi connectivity index (χ4v) is 2.55. The number of aliphatic hydroxyl groups is 1. The van der Waals surface area contributed by atoms with Gasteiger partial charge in [-0.05, 0) is 24.6 Å². The van der Waals surface area contributed by atoms with Gasteiger partial charge in [0.1, 0.15) is 5.75 Å². The Hall–Kier alpha value is -2.34. The SMILES string of the molecule is COc1ccc(CN2Cc3c(n[nH]c3C(C)O)C2=O)cc1. The number of nitrogens with one attached hydrogen (secondary N) is 1. The minimum atomic E-state index is -0.657. The molecule has 1 unspecified atom stereocenters. The van der Waals surface area contributed by atoms with Crippen LogP contribution in [0.1, 0.15) is 40.3 Å². The van der Waals surface area contributed by atoms with Crippen molar-refractivity contribution in [3.63, 3.8) is 0 Å². The van der Waals surface area contributed by atoms with Gasteiger partial charge < -0.3 is 14.7 Å². The Morgan fingerprint density at radius 2 is 2.14 bits per heavy atom. The van der Waals surface area contributed by atoms with Gasteiger partial charge in [-0.2, -0.15) is 5.10 Å². The molecule has 1 aromatic carbocycles. The molecule has 6 heteroatoms. The third kappa shape index (κ3) is 2.38. The Labute approximate surface area is 122 Å². The van der Waals surface area contributed by atoms with E-state index < -0.39 is 6.10 Å². The zero-order valence-corrected chi connectivity index (χ0v) is 12.0. The maximum atomic E-state index is 12.3. The van der Waals surface area contributed by atoms with E-state index in [4.69, 9.17) is 4.74 Å². The van der Waals surface area contributed by atoms with Crippen LogP contribution >= 0.6 is 0 Å². The molecule has 1 aliphatic heterocycles. The van der Waals surface area contributed by atoms with Crippen LogP contribution in [0, 0.1) is 0 Å². The summed E-state index contributed by atoms with van der Waals surface area (Å²) in [5, 5.41) is 16.4. The van der Waals surface area contributed by atoms with E-state index in [1.807, 2.05) is 24.3 Å². The number of amides is 1. The summed E-state index contributed by atoms with van der Waals surface area (Å²) in [5.74, 6) is 0.681. The lowest BCUT2D eigenvalue weighted by molar-refractivity contribution is 0.0759. The Bertz CT molecular complexity index is 661. The second-order valence-corrected chi connectivity index (χ2v) is 5.15. The van der Waals surface area contributed by atoms with Crippen molar-refractivity contribution in [1.82, 2.24) is 15.1 Å². The van der Waals surface area contributed by atoms with E-state index in [-0.39, 0.29) is 5.91 Å². The number of benzene rings is 1. The largest absolute Gasteiger partial charge is 0.497 e. The lowest BCUT2D eigenvalue weighted by Gasteiger charge is -2.16. The Morgan fingerprint density at radius 1 is 1.43 bits per heavy atom. The molecule has 110 valence electrons. The molecule has 0 saturated carbocycles. The number of fused-ring (bicyclic) bond motifs is 1. The lowest BCUT2D eigenvalue weighted by atomic mass is 10.1. The van der Waals surface area contributed by atoms with Gasteiger partial charge in [-0.15, -0.1) is 0 Å². The second-order valence-electron chi connectivity index (χ2n) is 5.15. The highest BCUT2D eigenvalue weighted by Gasteiger charge is 2.33. The minimum absolute atomic E-state index is 0.107. The summed E-state index contributed by atoms with van der Waals surface area (Å²) in [6.07, 6.45) is -0.657. The number of hydrogen-bond acceptors (Lipinski definition) is 4. The summed E-state index contributed by atoms with van der Waals surface area (Å²) in [4.78, 5) is 14.0. The van der Waals surface area contributed by atoms with Gasteiger partial charge in [0, 0.05) is 12.1 Å². The van der Waals surface area contributed by atoms with Crippen molar-refractivity contribution in [3.8, 4) is 5.75 Å². The van der Waals surface area contributed by atoms with Crippen LogP contribution in [0.25, 0.3) is 0 Å². The summed E-state index contributed by atoms with van der Waals surface area (Å²) in [7, 11) is 1.62. The standard InChI is InChI=1S/C15H17N3O3/c1-9(19)13-12-8-18(15(20)14(12)17-16-13)7-10-3-5-11(21-2)6-4-10/h3-6,9,19H,7-8H2,1-2H3,(H,16,17). The van der Waals surface area contributed by atoms with E-state index >= 15 is 0 Å². The highest BCUT2D eigenvalue weighted by molar-refractivity contribution is 5.96. The molecule has 2 N–H and O–H groups in total. The quantitative estimate of drug-likeness (QED) is 0.896. The molecule has 0 bridgehead atoms. The fourth-order valence-electron chi connectivity index (χ4n) is 2.55. The minimum Gasteiger partial charge on any atom is -0.497 e. The highest BCUT2D eigenvalue weighted by Crippen LogP contribution is 2.28. The monoisotopic (exact) mass is 287 g/mol. The van der Waals surface area contributed by atoms with Crippen molar-refractivity contribution < 1.29 is 14.6 Å². The predicted molar refractivity (Wildman–Crippen MR) is 75.8 cm³/mol. The molecule has 1 aromatic heterocycles. The number of aliphatic hydroxyl groups excluding tert-OH is 1. The first-order valence-electron chi connectivity index (χ1n) is 6.77. The van der Waals surface area contributed by atoms with E-state index in [1.54, 1.807) is 18.9 Å². The van der Waals surface area contributed by atoms with Crippen LogP contribution in [0.3, 0.4) is 0 Å². The molecule has 1 amide bonds. The van der Waals surface area contributed by atoms with E-state index in [2.05, 4.69) is 10.2 Å². The molecule has 2 heterocycles. The summed E-state index contributed by atoms with van der Waals surface area (Å²) >= 11 is 0. The van der Waals surface area contributed by atoms with Gasteiger partial charge in [0.15, 0.2) is 5.69 Å². The molecule has 0 spiro atoms. The van der Waals surface area contributed by atoms with E-state index in [9.17, 15) is 9.90 Å². The number of aromatic amines is 1. The zero-order chi connectivity index (χ0) is 15.0. The van der Waals surface area contributed by atoms with Gasteiger partial charge in [-0.3, -0.25) is 9.89 Å². The topological polar surface area (TPSA) is 78.4 Å². The number of methoxy groups -OCH3 is 1. The first-order valence-corrected chi connectivity index (χ1v) is 6.77. The van der Waals surface area contributed by atoms with Crippen molar-refractivity contribution in [2.24, 2.45) is 0 Å². The average molecular weight is 287 g/mol. The number of rotatable bonds is 4. The molecule has 0 radical (unpaired) electrons. The van der Waals surface area contributed by atoms with Gasteiger partial charge >= 0.3 is 0 Å². The first-order chi connectivity index (χ1) is 10.1. The van der Waals surface area contributed by atoms with Crippen LogP contribution in [0.4, 0.5) is 0 Å². The highest BCUT2D eigenvalue weighted by atomic mass is 16.5. The maximum absolute atomic E-state index is 12.3. The van der Waals surface area contributed by atoms with Gasteiger partial charge in [0.25, 0.3) is 5.91 Å². The van der Waals surface area contributed by atoms with Crippen LogP contribution in [-0.4, -0.2) is 33.2 Å². The summed E-state index contributed by atoms with van der Waals surface area (Å²) in [6.45, 7) is 2.64. The molecule has 21 heavy (non-hydrogen) atoms. The number of carbonyl (C=O) groups is 1. The van der Waals surface area contributed by atoms with Crippen molar-refractivity contribution >= 4 is 5.91 Å². The summed E-state index contributed by atoms with van der Waals surface area (Å²) in [5.41, 5.74) is 2.86. The Morgan fingerprint density at radius 3 is 2.76 bits per heavy atom. The van der Waals surface area contributed by atoms with Gasteiger partial charge in [0.05, 0.1) is 25.5 Å². The van der Waals surface area contributed by atoms with Crippen molar-refractivity contribution in [3.05, 3.63) is 46.8 Å². The maximum Gasteiger partial charge on any atom is 0.275 e. The van der Waals surface area contributed by atoms with Crippen molar-refractivity contribution in [1.29, 1.82) is 0 Å². The number of ether oxygens (including phenoxy) is 1. The molecule has 1 aliphatic rings. The van der Waals surface area contributed by atoms with E-state index in [1.165, 1.54) is 0 Å². The van der Waals surface area contributed by atoms with Crippen molar-refractivity contribution in [2.45, 2.75) is 26.1 Å². The molecule has 3 rings (SSSR count). The number of carbonyl (C=O) groups excluding carboxylic acids is 1. The van der Waals surface area contributed by atoms with Crippen LogP contribution < -0.4 is 4.74 Å². The molecule has 6 nitrogen and oxygen atoms in total. The number of aromatic nitrogens is 2. The Kier molecular flexibility index (Phi) is 3.39. The molecule has 0 fully saturated rings. The van der Waals surface area contributed by atoms with Crippen LogP contribution in [0.5, 0.6) is 5.75 Å². The first kappa shape index (κ1) is 13.6. The number of nitrogens with zero attached hydrogens (tertiary/aromatic N) is 2. The van der Waals surface area contributed by atoms with Crippen LogP contribution in [-0.2, 0) is 13.1 Å². The predicted octanol–water partition coefficient (Wildman–Crippen LogP) is 1.63. The lowest BCUT2D eigenvalue weighted by Crippen LogP contribution is -2.24. The molecule has 1 atom stereocenters. The van der Waals surface area contributed by atoms with Gasteiger partial charge in [-0.25, -0.2) is 0 Å². The molecule has 2 aromatic rings. The fraction of sp³-hybridized carbons (Fsp3) is 0.333. The normalized spacial score (nSPS) is 15.2. The average Bonchev–Trinajstić information content (AvgIpc) is 3.01. The molecule has 0 aliphatic carbocycles. The third-order valence-electron chi connectivity index (χ3n) is 3.69. The smallest absolute Gasteiger partial charge is 0.275 e. The third-order valence-corrected chi connectivity index (χ3v) is 3.69. The van der Waals surface area contributed by atoms with Crippen LogP contribution in [0.15, 0.2) is 24.3 Å². The molecular weight excluding hydrogens is 270 g/mol. The summed E-state index contributed by atoms with van der Waals surface area (Å²) in [6, 6.07) is 7.61. The van der Waals surface area contributed by atoms with Gasteiger partial charge in [-0.1, -0.05) is 12.1 Å². The second kappa shape index (κ2) is 5.21. The van der Waals surface area contributed by atoms with Crippen LogP contribution in [0.2, 0.25) is 0 Å². The number of hydrogen-bond donors (Lipinski definition) is 2. The number of H-pyrrole nitrogens is 1. The van der Waals surface area contributed by atoms with Gasteiger partial charge in [0.2, 0.25) is 0 Å². The molecular formula is C15H17N3O3. The van der Waals surface area contributed by atoms with Crippen molar-refractivity contribution in [2.75, 3.05) is 7.11 Å². The van der Waals surface area contributed by atoms with E-state index in [0.29, 0.717) is 24.5 Å². The Balaban J connectivity index is 1.78. The zero-order valence-electron chi connectivity index (χ0n) is 12.0. The molecule has 0 saturated heterocycles.